The third-order valence-electron chi connectivity index (χ3n) is 3.18. The first-order valence-electron chi connectivity index (χ1n) is 5.55. The summed E-state index contributed by atoms with van der Waals surface area (Å²) in [6, 6.07) is 3.76. The molecule has 0 aliphatic rings. The Morgan fingerprint density at radius 2 is 1.88 bits per heavy atom. The Morgan fingerprint density at radius 1 is 1.25 bits per heavy atom. The predicted octanol–water partition coefficient (Wildman–Crippen LogP) is 3.30. The molecule has 1 nitrogen and oxygen atoms in total. The SMILES string of the molecule is CCC(O)(Cc1ccc(F)c(F)c1)C(C)C. The normalized spacial score (nSPS) is 15.2. The highest BCUT2D eigenvalue weighted by molar-refractivity contribution is 5.20. The molecule has 0 bridgehead atoms. The molecule has 1 N–H and O–H groups in total. The van der Waals surface area contributed by atoms with E-state index < -0.39 is 17.2 Å². The Hall–Kier alpha value is -0.960. The van der Waals surface area contributed by atoms with Gasteiger partial charge in [-0.3, -0.25) is 0 Å². The van der Waals surface area contributed by atoms with Crippen molar-refractivity contribution in [2.75, 3.05) is 0 Å². The molecule has 0 fully saturated rings. The van der Waals surface area contributed by atoms with Crippen molar-refractivity contribution in [3.05, 3.63) is 35.4 Å². The van der Waals surface area contributed by atoms with Gasteiger partial charge in [0.25, 0.3) is 0 Å². The van der Waals surface area contributed by atoms with Crippen molar-refractivity contribution in [3.8, 4) is 0 Å². The van der Waals surface area contributed by atoms with E-state index >= 15 is 0 Å². The van der Waals surface area contributed by atoms with E-state index in [0.717, 1.165) is 12.1 Å². The molecule has 1 atom stereocenters. The molecule has 1 rings (SSSR count). The van der Waals surface area contributed by atoms with Crippen molar-refractivity contribution in [3.63, 3.8) is 0 Å². The lowest BCUT2D eigenvalue weighted by Gasteiger charge is -2.31. The van der Waals surface area contributed by atoms with Crippen molar-refractivity contribution >= 4 is 0 Å². The average Bonchev–Trinajstić information content (AvgIpc) is 2.23. The maximum Gasteiger partial charge on any atom is 0.159 e. The predicted molar refractivity (Wildman–Crippen MR) is 60.1 cm³/mol. The molecule has 1 aromatic rings. The van der Waals surface area contributed by atoms with Crippen LogP contribution < -0.4 is 0 Å². The number of benzene rings is 1. The van der Waals surface area contributed by atoms with Gasteiger partial charge in [-0.15, -0.1) is 0 Å². The van der Waals surface area contributed by atoms with Crippen molar-refractivity contribution in [2.24, 2.45) is 5.92 Å². The molecule has 0 amide bonds. The van der Waals surface area contributed by atoms with E-state index in [4.69, 9.17) is 0 Å². The van der Waals surface area contributed by atoms with Gasteiger partial charge in [0.1, 0.15) is 0 Å². The fourth-order valence-corrected chi connectivity index (χ4v) is 1.74. The Bertz CT molecular complexity index is 363. The van der Waals surface area contributed by atoms with Crippen molar-refractivity contribution in [2.45, 2.75) is 39.2 Å². The van der Waals surface area contributed by atoms with E-state index in [0.29, 0.717) is 18.4 Å². The summed E-state index contributed by atoms with van der Waals surface area (Å²) in [6.45, 7) is 5.73. The number of halogens is 2. The first-order valence-corrected chi connectivity index (χ1v) is 5.55. The maximum atomic E-state index is 13.0. The van der Waals surface area contributed by atoms with Gasteiger partial charge in [0, 0.05) is 6.42 Å². The van der Waals surface area contributed by atoms with Crippen LogP contribution in [0.4, 0.5) is 8.78 Å². The molecule has 0 saturated heterocycles. The maximum absolute atomic E-state index is 13.0. The molecule has 1 unspecified atom stereocenters. The van der Waals surface area contributed by atoms with Crippen LogP contribution in [0.25, 0.3) is 0 Å². The molecule has 0 heterocycles. The van der Waals surface area contributed by atoms with E-state index in [2.05, 4.69) is 0 Å². The van der Waals surface area contributed by atoms with E-state index in [1.807, 2.05) is 20.8 Å². The monoisotopic (exact) mass is 228 g/mol. The van der Waals surface area contributed by atoms with Gasteiger partial charge in [0.15, 0.2) is 11.6 Å². The second-order valence-electron chi connectivity index (χ2n) is 4.54. The highest BCUT2D eigenvalue weighted by atomic mass is 19.2. The summed E-state index contributed by atoms with van der Waals surface area (Å²) in [5, 5.41) is 10.3. The molecule has 0 spiro atoms. The zero-order valence-electron chi connectivity index (χ0n) is 9.93. The van der Waals surface area contributed by atoms with Gasteiger partial charge >= 0.3 is 0 Å². The van der Waals surface area contributed by atoms with E-state index in [1.165, 1.54) is 6.07 Å². The van der Waals surface area contributed by atoms with Crippen molar-refractivity contribution in [1.29, 1.82) is 0 Å². The smallest absolute Gasteiger partial charge is 0.159 e. The lowest BCUT2D eigenvalue weighted by Crippen LogP contribution is -2.36. The largest absolute Gasteiger partial charge is 0.389 e. The lowest BCUT2D eigenvalue weighted by atomic mass is 9.82. The third-order valence-corrected chi connectivity index (χ3v) is 3.18. The second-order valence-corrected chi connectivity index (χ2v) is 4.54. The minimum atomic E-state index is -0.861. The first-order chi connectivity index (χ1) is 7.39. The molecule has 0 aromatic heterocycles. The summed E-state index contributed by atoms with van der Waals surface area (Å²) in [5.74, 6) is -1.64. The summed E-state index contributed by atoms with van der Waals surface area (Å²) in [6.07, 6.45) is 0.933. The lowest BCUT2D eigenvalue weighted by molar-refractivity contribution is -0.00835. The zero-order valence-corrected chi connectivity index (χ0v) is 9.93. The topological polar surface area (TPSA) is 20.2 Å². The molecular weight excluding hydrogens is 210 g/mol. The second kappa shape index (κ2) is 4.91. The molecule has 16 heavy (non-hydrogen) atoms. The molecular formula is C13H18F2O. The Morgan fingerprint density at radius 3 is 2.31 bits per heavy atom. The van der Waals surface area contributed by atoms with Crippen LogP contribution in [-0.2, 0) is 6.42 Å². The minimum absolute atomic E-state index is 0.0746. The van der Waals surface area contributed by atoms with Crippen LogP contribution >= 0.6 is 0 Å². The molecule has 90 valence electrons. The Labute approximate surface area is 95.1 Å². The van der Waals surface area contributed by atoms with Crippen LogP contribution in [0.5, 0.6) is 0 Å². The number of hydrogen-bond donors (Lipinski definition) is 1. The van der Waals surface area contributed by atoms with Gasteiger partial charge in [-0.25, -0.2) is 8.78 Å². The fourth-order valence-electron chi connectivity index (χ4n) is 1.74. The molecule has 0 saturated carbocycles. The fraction of sp³-hybridized carbons (Fsp3) is 0.538. The highest BCUT2D eigenvalue weighted by Crippen LogP contribution is 2.26. The number of aliphatic hydroxyl groups is 1. The molecule has 0 aliphatic carbocycles. The molecule has 3 heteroatoms. The van der Waals surface area contributed by atoms with Gasteiger partial charge in [0.2, 0.25) is 0 Å². The van der Waals surface area contributed by atoms with Crippen LogP contribution in [0.3, 0.4) is 0 Å². The Kier molecular flexibility index (Phi) is 4.03. The molecule has 0 aliphatic heterocycles. The molecule has 0 radical (unpaired) electrons. The number of hydrogen-bond acceptors (Lipinski definition) is 1. The first kappa shape index (κ1) is 13.1. The van der Waals surface area contributed by atoms with Crippen molar-refractivity contribution in [1.82, 2.24) is 0 Å². The van der Waals surface area contributed by atoms with Crippen LogP contribution in [0.1, 0.15) is 32.8 Å². The standard InChI is InChI=1S/C13H18F2O/c1-4-13(16,9(2)3)8-10-5-6-11(14)12(15)7-10/h5-7,9,16H,4,8H2,1-3H3. The summed E-state index contributed by atoms with van der Waals surface area (Å²) < 4.78 is 25.7. The Balaban J connectivity index is 2.90. The van der Waals surface area contributed by atoms with E-state index in [-0.39, 0.29) is 5.92 Å². The number of rotatable bonds is 4. The van der Waals surface area contributed by atoms with Gasteiger partial charge in [0.05, 0.1) is 5.60 Å². The van der Waals surface area contributed by atoms with E-state index in [9.17, 15) is 13.9 Å². The van der Waals surface area contributed by atoms with Crippen LogP contribution in [0, 0.1) is 17.6 Å². The van der Waals surface area contributed by atoms with Crippen LogP contribution in [-0.4, -0.2) is 10.7 Å². The third kappa shape index (κ3) is 2.79. The van der Waals surface area contributed by atoms with E-state index in [1.54, 1.807) is 0 Å². The van der Waals surface area contributed by atoms with Gasteiger partial charge in [-0.2, -0.15) is 0 Å². The average molecular weight is 228 g/mol. The van der Waals surface area contributed by atoms with Crippen LogP contribution in [0.2, 0.25) is 0 Å². The minimum Gasteiger partial charge on any atom is -0.389 e. The summed E-state index contributed by atoms with van der Waals surface area (Å²) in [4.78, 5) is 0. The highest BCUT2D eigenvalue weighted by Gasteiger charge is 2.29. The summed E-state index contributed by atoms with van der Waals surface area (Å²) in [7, 11) is 0. The molecule has 1 aromatic carbocycles. The van der Waals surface area contributed by atoms with Gasteiger partial charge in [-0.05, 0) is 30.0 Å². The van der Waals surface area contributed by atoms with Gasteiger partial charge in [-0.1, -0.05) is 26.8 Å². The van der Waals surface area contributed by atoms with Crippen LogP contribution in [0.15, 0.2) is 18.2 Å². The summed E-state index contributed by atoms with van der Waals surface area (Å²) in [5.41, 5.74) is -0.235. The quantitative estimate of drug-likeness (QED) is 0.838. The van der Waals surface area contributed by atoms with Crippen molar-refractivity contribution < 1.29 is 13.9 Å². The van der Waals surface area contributed by atoms with Gasteiger partial charge < -0.3 is 5.11 Å². The summed E-state index contributed by atoms with van der Waals surface area (Å²) >= 11 is 0. The zero-order chi connectivity index (χ0) is 12.3.